The Labute approximate surface area is 192 Å². The Balaban J connectivity index is 1.57. The van der Waals surface area contributed by atoms with Gasteiger partial charge >= 0.3 is 0 Å². The topological polar surface area (TPSA) is 85.2 Å². The molecule has 0 aliphatic carbocycles. The Hall–Kier alpha value is -4.13. The molecule has 1 unspecified atom stereocenters. The van der Waals surface area contributed by atoms with Crippen molar-refractivity contribution in [3.05, 3.63) is 89.7 Å². The van der Waals surface area contributed by atoms with E-state index in [2.05, 4.69) is 10.6 Å². The third-order valence-corrected chi connectivity index (χ3v) is 5.37. The van der Waals surface area contributed by atoms with Gasteiger partial charge in [-0.25, -0.2) is 4.98 Å². The van der Waals surface area contributed by atoms with Crippen LogP contribution in [0, 0.1) is 6.92 Å². The molecule has 7 heteroatoms. The minimum Gasteiger partial charge on any atom is -0.497 e. The number of benzene rings is 3. The van der Waals surface area contributed by atoms with Gasteiger partial charge in [0, 0.05) is 11.3 Å². The molecule has 1 atom stereocenters. The monoisotopic (exact) mass is 442 g/mol. The van der Waals surface area contributed by atoms with Crippen LogP contribution in [-0.4, -0.2) is 28.5 Å². The second kappa shape index (κ2) is 9.56. The van der Waals surface area contributed by atoms with Crippen molar-refractivity contribution in [3.63, 3.8) is 0 Å². The van der Waals surface area contributed by atoms with Gasteiger partial charge in [0.25, 0.3) is 5.91 Å². The standard InChI is InChI=1S/C26H26N4O3/c1-17-7-6-8-19(15-17)26(32)27-18(2)25-29-22-9-4-5-10-23(22)30(25)16-24(31)28-20-11-13-21(33-3)14-12-20/h4-15,18H,16H2,1-3H3,(H,27,32)(H,28,31). The summed E-state index contributed by atoms with van der Waals surface area (Å²) in [4.78, 5) is 30.4. The summed E-state index contributed by atoms with van der Waals surface area (Å²) in [7, 11) is 1.60. The van der Waals surface area contributed by atoms with Crippen LogP contribution in [-0.2, 0) is 11.3 Å². The van der Waals surface area contributed by atoms with Gasteiger partial charge in [-0.2, -0.15) is 0 Å². The number of ether oxygens (including phenoxy) is 1. The fourth-order valence-electron chi connectivity index (χ4n) is 3.74. The van der Waals surface area contributed by atoms with E-state index in [1.54, 1.807) is 37.4 Å². The lowest BCUT2D eigenvalue weighted by molar-refractivity contribution is -0.116. The number of nitrogens with zero attached hydrogens (tertiary/aromatic N) is 2. The van der Waals surface area contributed by atoms with Crippen molar-refractivity contribution in [2.24, 2.45) is 0 Å². The van der Waals surface area contributed by atoms with Crippen LogP contribution in [0.4, 0.5) is 5.69 Å². The van der Waals surface area contributed by atoms with Crippen LogP contribution in [0.3, 0.4) is 0 Å². The number of fused-ring (bicyclic) bond motifs is 1. The van der Waals surface area contributed by atoms with E-state index >= 15 is 0 Å². The summed E-state index contributed by atoms with van der Waals surface area (Å²) in [5.41, 5.74) is 3.86. The number of amides is 2. The van der Waals surface area contributed by atoms with Gasteiger partial charge in [0.05, 0.1) is 24.2 Å². The predicted octanol–water partition coefficient (Wildman–Crippen LogP) is 4.48. The fraction of sp³-hybridized carbons (Fsp3) is 0.192. The Kier molecular flexibility index (Phi) is 6.40. The van der Waals surface area contributed by atoms with Crippen molar-refractivity contribution in [2.75, 3.05) is 12.4 Å². The number of carbonyl (C=O) groups is 2. The van der Waals surface area contributed by atoms with E-state index in [0.29, 0.717) is 22.8 Å². The molecule has 0 saturated carbocycles. The Morgan fingerprint density at radius 1 is 1.03 bits per heavy atom. The number of aryl methyl sites for hydroxylation is 1. The molecule has 1 aromatic heterocycles. The van der Waals surface area contributed by atoms with Gasteiger partial charge in [0.2, 0.25) is 5.91 Å². The average molecular weight is 443 g/mol. The summed E-state index contributed by atoms with van der Waals surface area (Å²) in [6, 6.07) is 21.8. The predicted molar refractivity (Wildman–Crippen MR) is 128 cm³/mol. The summed E-state index contributed by atoms with van der Waals surface area (Å²) < 4.78 is 7.00. The van der Waals surface area contributed by atoms with Crippen molar-refractivity contribution in [1.29, 1.82) is 0 Å². The molecule has 0 fully saturated rings. The molecule has 1 heterocycles. The summed E-state index contributed by atoms with van der Waals surface area (Å²) in [6.07, 6.45) is 0. The lowest BCUT2D eigenvalue weighted by Crippen LogP contribution is -2.30. The molecule has 0 aliphatic rings. The maximum absolute atomic E-state index is 12.9. The number of aromatic nitrogens is 2. The average Bonchev–Trinajstić information content (AvgIpc) is 3.18. The Morgan fingerprint density at radius 3 is 2.52 bits per heavy atom. The van der Waals surface area contributed by atoms with Crippen molar-refractivity contribution < 1.29 is 14.3 Å². The molecule has 4 aromatic rings. The van der Waals surface area contributed by atoms with Crippen LogP contribution in [0.5, 0.6) is 5.75 Å². The number of carbonyl (C=O) groups excluding carboxylic acids is 2. The highest BCUT2D eigenvalue weighted by atomic mass is 16.5. The maximum Gasteiger partial charge on any atom is 0.251 e. The zero-order valence-corrected chi connectivity index (χ0v) is 18.8. The van der Waals surface area contributed by atoms with Crippen LogP contribution in [0.15, 0.2) is 72.8 Å². The highest BCUT2D eigenvalue weighted by molar-refractivity contribution is 5.95. The SMILES string of the molecule is COc1ccc(NC(=O)Cn2c(C(C)NC(=O)c3cccc(C)c3)nc3ccccc32)cc1. The van der Waals surface area contributed by atoms with Gasteiger partial charge in [0.15, 0.2) is 0 Å². The first-order chi connectivity index (χ1) is 15.9. The summed E-state index contributed by atoms with van der Waals surface area (Å²) >= 11 is 0. The molecule has 3 aromatic carbocycles. The van der Waals surface area contributed by atoms with Gasteiger partial charge < -0.3 is 19.9 Å². The Morgan fingerprint density at radius 2 is 1.79 bits per heavy atom. The van der Waals surface area contributed by atoms with Crippen molar-refractivity contribution in [2.45, 2.75) is 26.4 Å². The van der Waals surface area contributed by atoms with Crippen LogP contribution >= 0.6 is 0 Å². The maximum atomic E-state index is 12.9. The van der Waals surface area contributed by atoms with Gasteiger partial charge in [-0.15, -0.1) is 0 Å². The minimum atomic E-state index is -0.404. The lowest BCUT2D eigenvalue weighted by Gasteiger charge is -2.16. The van der Waals surface area contributed by atoms with Crippen LogP contribution < -0.4 is 15.4 Å². The largest absolute Gasteiger partial charge is 0.497 e. The molecule has 0 bridgehead atoms. The summed E-state index contributed by atoms with van der Waals surface area (Å²) in [5.74, 6) is 0.949. The molecule has 0 saturated heterocycles. The number of hydrogen-bond acceptors (Lipinski definition) is 4. The summed E-state index contributed by atoms with van der Waals surface area (Å²) in [6.45, 7) is 3.88. The number of imidazole rings is 1. The second-order valence-corrected chi connectivity index (χ2v) is 7.89. The molecule has 7 nitrogen and oxygen atoms in total. The molecule has 0 radical (unpaired) electrons. The van der Waals surface area contributed by atoms with Gasteiger partial charge in [-0.3, -0.25) is 9.59 Å². The molecular formula is C26H26N4O3. The third-order valence-electron chi connectivity index (χ3n) is 5.37. The van der Waals surface area contributed by atoms with E-state index in [-0.39, 0.29) is 18.4 Å². The fourth-order valence-corrected chi connectivity index (χ4v) is 3.74. The normalized spacial score (nSPS) is 11.7. The number of anilines is 1. The van der Waals surface area contributed by atoms with E-state index < -0.39 is 6.04 Å². The molecular weight excluding hydrogens is 416 g/mol. The number of hydrogen-bond donors (Lipinski definition) is 2. The number of nitrogens with one attached hydrogen (secondary N) is 2. The quantitative estimate of drug-likeness (QED) is 0.442. The summed E-state index contributed by atoms with van der Waals surface area (Å²) in [5, 5.41) is 5.91. The van der Waals surface area contributed by atoms with Gasteiger partial charge in [0.1, 0.15) is 18.1 Å². The molecule has 168 valence electrons. The van der Waals surface area contributed by atoms with Crippen LogP contribution in [0.2, 0.25) is 0 Å². The molecule has 33 heavy (non-hydrogen) atoms. The number of para-hydroxylation sites is 2. The second-order valence-electron chi connectivity index (χ2n) is 7.89. The van der Waals surface area contributed by atoms with E-state index in [4.69, 9.17) is 9.72 Å². The molecule has 2 amide bonds. The smallest absolute Gasteiger partial charge is 0.251 e. The van der Waals surface area contributed by atoms with E-state index in [1.165, 1.54) is 0 Å². The zero-order valence-electron chi connectivity index (χ0n) is 18.8. The van der Waals surface area contributed by atoms with Gasteiger partial charge in [-0.1, -0.05) is 29.8 Å². The number of rotatable bonds is 7. The molecule has 2 N–H and O–H groups in total. The van der Waals surface area contributed by atoms with Gasteiger partial charge in [-0.05, 0) is 62.4 Å². The molecule has 4 rings (SSSR count). The van der Waals surface area contributed by atoms with Crippen LogP contribution in [0.25, 0.3) is 11.0 Å². The van der Waals surface area contributed by atoms with Crippen molar-refractivity contribution >= 4 is 28.5 Å². The van der Waals surface area contributed by atoms with Crippen LogP contribution in [0.1, 0.15) is 34.7 Å². The minimum absolute atomic E-state index is 0.0620. The first-order valence-electron chi connectivity index (χ1n) is 10.7. The van der Waals surface area contributed by atoms with Crippen molar-refractivity contribution in [1.82, 2.24) is 14.9 Å². The lowest BCUT2D eigenvalue weighted by atomic mass is 10.1. The molecule has 0 spiro atoms. The highest BCUT2D eigenvalue weighted by Crippen LogP contribution is 2.22. The van der Waals surface area contributed by atoms with E-state index in [1.807, 2.05) is 60.9 Å². The zero-order chi connectivity index (χ0) is 23.4. The van der Waals surface area contributed by atoms with E-state index in [0.717, 1.165) is 16.6 Å². The Bertz CT molecular complexity index is 1290. The first-order valence-corrected chi connectivity index (χ1v) is 10.7. The molecule has 0 aliphatic heterocycles. The first kappa shape index (κ1) is 22.1. The highest BCUT2D eigenvalue weighted by Gasteiger charge is 2.20. The number of methoxy groups -OCH3 is 1. The van der Waals surface area contributed by atoms with Crippen molar-refractivity contribution in [3.8, 4) is 5.75 Å². The third kappa shape index (κ3) is 5.03. The van der Waals surface area contributed by atoms with E-state index in [9.17, 15) is 9.59 Å².